The molecule has 1 nitrogen and oxygen atoms in total. The van der Waals surface area contributed by atoms with Gasteiger partial charge in [0, 0.05) is 24.0 Å². The molecule has 0 radical (unpaired) electrons. The van der Waals surface area contributed by atoms with Crippen molar-refractivity contribution in [1.29, 1.82) is 0 Å². The second-order valence-corrected chi connectivity index (χ2v) is 4.12. The second-order valence-electron chi connectivity index (χ2n) is 2.34. The number of ether oxygens (including phenoxy) is 1. The molecule has 0 aromatic rings. The highest BCUT2D eigenvalue weighted by molar-refractivity contribution is 8.00. The van der Waals surface area contributed by atoms with E-state index in [0.29, 0.717) is 11.4 Å². The van der Waals surface area contributed by atoms with Gasteiger partial charge in [-0.15, -0.1) is 11.6 Å². The summed E-state index contributed by atoms with van der Waals surface area (Å²) in [6.07, 6.45) is 0.343. The van der Waals surface area contributed by atoms with Crippen molar-refractivity contribution in [2.24, 2.45) is 0 Å². The van der Waals surface area contributed by atoms with Crippen molar-refractivity contribution in [3.05, 3.63) is 0 Å². The molecule has 2 unspecified atom stereocenters. The number of hydrogen-bond donors (Lipinski definition) is 0. The number of alkyl halides is 1. The van der Waals surface area contributed by atoms with E-state index in [2.05, 4.69) is 13.8 Å². The highest BCUT2D eigenvalue weighted by atomic mass is 35.5. The van der Waals surface area contributed by atoms with Gasteiger partial charge in [-0.05, 0) is 6.92 Å². The molecular formula is C7H15ClOS. The quantitative estimate of drug-likeness (QED) is 0.604. The lowest BCUT2D eigenvalue weighted by atomic mass is 10.5. The van der Waals surface area contributed by atoms with E-state index in [0.717, 1.165) is 11.6 Å². The van der Waals surface area contributed by atoms with Gasteiger partial charge in [-0.25, -0.2) is 0 Å². The minimum Gasteiger partial charge on any atom is -0.381 e. The van der Waals surface area contributed by atoms with Gasteiger partial charge in [0.1, 0.15) is 0 Å². The minimum atomic E-state index is 0.343. The van der Waals surface area contributed by atoms with Gasteiger partial charge < -0.3 is 4.74 Å². The van der Waals surface area contributed by atoms with Crippen LogP contribution in [-0.2, 0) is 4.74 Å². The first kappa shape index (κ1) is 10.6. The first-order valence-electron chi connectivity index (χ1n) is 3.41. The van der Waals surface area contributed by atoms with Crippen molar-refractivity contribution >= 4 is 23.4 Å². The molecule has 0 aliphatic rings. The van der Waals surface area contributed by atoms with E-state index in [9.17, 15) is 0 Å². The van der Waals surface area contributed by atoms with Crippen LogP contribution in [0.5, 0.6) is 0 Å². The van der Waals surface area contributed by atoms with Gasteiger partial charge in [0.25, 0.3) is 0 Å². The van der Waals surface area contributed by atoms with Crippen LogP contribution < -0.4 is 0 Å². The van der Waals surface area contributed by atoms with Crippen molar-refractivity contribution in [3.8, 4) is 0 Å². The van der Waals surface area contributed by atoms with E-state index in [1.165, 1.54) is 0 Å². The minimum absolute atomic E-state index is 0.343. The Morgan fingerprint density at radius 3 is 2.50 bits per heavy atom. The maximum Gasteiger partial charge on any atom is 0.0633 e. The number of halogens is 1. The monoisotopic (exact) mass is 182 g/mol. The second kappa shape index (κ2) is 6.32. The summed E-state index contributed by atoms with van der Waals surface area (Å²) in [6, 6.07) is 0. The Morgan fingerprint density at radius 1 is 1.50 bits per heavy atom. The molecule has 0 saturated heterocycles. The highest BCUT2D eigenvalue weighted by Crippen LogP contribution is 2.13. The molecule has 0 heterocycles. The molecule has 62 valence electrons. The molecule has 0 aromatic heterocycles. The summed E-state index contributed by atoms with van der Waals surface area (Å²) in [5.74, 6) is 1.76. The van der Waals surface area contributed by atoms with E-state index >= 15 is 0 Å². The Labute approximate surface area is 72.5 Å². The fourth-order valence-corrected chi connectivity index (χ4v) is 1.50. The number of hydrogen-bond acceptors (Lipinski definition) is 2. The molecule has 0 bridgehead atoms. The third kappa shape index (κ3) is 5.39. The standard InChI is InChI=1S/C7H15ClOS/c1-6(9-3)5-10-7(2)4-8/h6-7H,4-5H2,1-3H3. The van der Waals surface area contributed by atoms with Crippen molar-refractivity contribution in [2.75, 3.05) is 18.7 Å². The van der Waals surface area contributed by atoms with Crippen molar-refractivity contribution in [1.82, 2.24) is 0 Å². The molecule has 0 rings (SSSR count). The molecule has 0 fully saturated rings. The van der Waals surface area contributed by atoms with Gasteiger partial charge in [0.15, 0.2) is 0 Å². The third-order valence-corrected chi connectivity index (χ3v) is 3.28. The Morgan fingerprint density at radius 2 is 2.10 bits per heavy atom. The van der Waals surface area contributed by atoms with Crippen molar-refractivity contribution < 1.29 is 4.74 Å². The van der Waals surface area contributed by atoms with E-state index in [1.54, 1.807) is 7.11 Å². The zero-order chi connectivity index (χ0) is 7.98. The highest BCUT2D eigenvalue weighted by Gasteiger charge is 2.03. The average Bonchev–Trinajstić information content (AvgIpc) is 1.99. The van der Waals surface area contributed by atoms with Crippen LogP contribution in [0.2, 0.25) is 0 Å². The van der Waals surface area contributed by atoms with Crippen LogP contribution in [0.1, 0.15) is 13.8 Å². The summed E-state index contributed by atoms with van der Waals surface area (Å²) >= 11 is 7.47. The Kier molecular flexibility index (Phi) is 6.70. The summed E-state index contributed by atoms with van der Waals surface area (Å²) in [5, 5.41) is 0.541. The van der Waals surface area contributed by atoms with Crippen LogP contribution in [0.15, 0.2) is 0 Å². The molecule has 0 aliphatic carbocycles. The molecule has 3 heteroatoms. The maximum absolute atomic E-state index is 5.62. The molecule has 0 N–H and O–H groups in total. The Hall–Kier alpha value is 0.600. The fraction of sp³-hybridized carbons (Fsp3) is 1.00. The molecule has 0 aliphatic heterocycles. The lowest BCUT2D eigenvalue weighted by molar-refractivity contribution is 0.138. The van der Waals surface area contributed by atoms with E-state index in [4.69, 9.17) is 16.3 Å². The van der Waals surface area contributed by atoms with Crippen molar-refractivity contribution in [2.45, 2.75) is 25.2 Å². The molecule has 2 atom stereocenters. The van der Waals surface area contributed by atoms with Gasteiger partial charge in [0.05, 0.1) is 6.10 Å². The molecule has 0 amide bonds. The molecule has 0 saturated carbocycles. The van der Waals surface area contributed by atoms with Crippen LogP contribution in [0.25, 0.3) is 0 Å². The van der Waals surface area contributed by atoms with Gasteiger partial charge in [-0.1, -0.05) is 6.92 Å². The van der Waals surface area contributed by atoms with Crippen LogP contribution in [-0.4, -0.2) is 30.1 Å². The van der Waals surface area contributed by atoms with Gasteiger partial charge in [-0.2, -0.15) is 11.8 Å². The van der Waals surface area contributed by atoms with Crippen LogP contribution in [0, 0.1) is 0 Å². The molecule has 0 spiro atoms. The van der Waals surface area contributed by atoms with Gasteiger partial charge in [0.2, 0.25) is 0 Å². The van der Waals surface area contributed by atoms with E-state index < -0.39 is 0 Å². The summed E-state index contributed by atoms with van der Waals surface area (Å²) in [4.78, 5) is 0. The summed E-state index contributed by atoms with van der Waals surface area (Å²) in [6.45, 7) is 4.19. The lowest BCUT2D eigenvalue weighted by Crippen LogP contribution is -2.11. The molecular weight excluding hydrogens is 168 g/mol. The number of methoxy groups -OCH3 is 1. The molecule has 10 heavy (non-hydrogen) atoms. The smallest absolute Gasteiger partial charge is 0.0633 e. The number of rotatable bonds is 5. The van der Waals surface area contributed by atoms with Crippen LogP contribution >= 0.6 is 23.4 Å². The zero-order valence-corrected chi connectivity index (χ0v) is 8.34. The Balaban J connectivity index is 3.17. The average molecular weight is 183 g/mol. The lowest BCUT2D eigenvalue weighted by Gasteiger charge is -2.11. The van der Waals surface area contributed by atoms with Crippen molar-refractivity contribution in [3.63, 3.8) is 0 Å². The largest absolute Gasteiger partial charge is 0.381 e. The fourth-order valence-electron chi connectivity index (χ4n) is 0.412. The topological polar surface area (TPSA) is 9.23 Å². The number of thioether (sulfide) groups is 1. The third-order valence-electron chi connectivity index (χ3n) is 1.24. The molecule has 0 aromatic carbocycles. The van der Waals surface area contributed by atoms with Crippen LogP contribution in [0.4, 0.5) is 0 Å². The SMILES string of the molecule is COC(C)CSC(C)CCl. The normalized spacial score (nSPS) is 16.8. The first-order valence-corrected chi connectivity index (χ1v) is 4.99. The maximum atomic E-state index is 5.62. The van der Waals surface area contributed by atoms with Gasteiger partial charge >= 0.3 is 0 Å². The Bertz CT molecular complexity index is 70.0. The predicted molar refractivity (Wildman–Crippen MR) is 49.1 cm³/mol. The van der Waals surface area contributed by atoms with Crippen LogP contribution in [0.3, 0.4) is 0 Å². The predicted octanol–water partition coefficient (Wildman–Crippen LogP) is 2.38. The van der Waals surface area contributed by atoms with E-state index in [-0.39, 0.29) is 0 Å². The van der Waals surface area contributed by atoms with Gasteiger partial charge in [-0.3, -0.25) is 0 Å². The zero-order valence-electron chi connectivity index (χ0n) is 6.76. The van der Waals surface area contributed by atoms with E-state index in [1.807, 2.05) is 11.8 Å². The first-order chi connectivity index (χ1) is 4.70. The summed E-state index contributed by atoms with van der Waals surface area (Å²) < 4.78 is 5.08. The summed E-state index contributed by atoms with van der Waals surface area (Å²) in [7, 11) is 1.73. The summed E-state index contributed by atoms with van der Waals surface area (Å²) in [5.41, 5.74) is 0.